The van der Waals surface area contributed by atoms with Gasteiger partial charge >= 0.3 is 0 Å². The summed E-state index contributed by atoms with van der Waals surface area (Å²) in [5.41, 5.74) is 6.43. The molecular formula is C13H14BrN3OS. The number of halogens is 1. The van der Waals surface area contributed by atoms with Crippen molar-refractivity contribution in [3.8, 4) is 0 Å². The zero-order valence-electron chi connectivity index (χ0n) is 10.6. The van der Waals surface area contributed by atoms with Gasteiger partial charge in [0.2, 0.25) is 0 Å². The molecule has 100 valence electrons. The molecule has 2 aromatic rings. The van der Waals surface area contributed by atoms with E-state index < -0.39 is 5.54 Å². The fourth-order valence-corrected chi connectivity index (χ4v) is 2.49. The lowest BCUT2D eigenvalue weighted by Gasteiger charge is -2.26. The molecule has 1 aromatic carbocycles. The predicted octanol–water partition coefficient (Wildman–Crippen LogP) is 3.15. The third-order valence-electron chi connectivity index (χ3n) is 2.75. The number of thiazole rings is 1. The standard InChI is InChI=1S/C13H14BrN3OS/c1-13(2,8-3-5-9(14)6-4-8)17-11(18)10-7-19-12(15)16-10/h3-7H,1-2H3,(H2,15,16)(H,17,18). The zero-order valence-corrected chi connectivity index (χ0v) is 13.0. The van der Waals surface area contributed by atoms with Gasteiger partial charge in [-0.2, -0.15) is 0 Å². The van der Waals surface area contributed by atoms with Gasteiger partial charge in [-0.25, -0.2) is 4.98 Å². The molecule has 19 heavy (non-hydrogen) atoms. The lowest BCUT2D eigenvalue weighted by Crippen LogP contribution is -2.41. The molecule has 0 aliphatic rings. The van der Waals surface area contributed by atoms with E-state index in [1.54, 1.807) is 5.38 Å². The number of nitrogens with zero attached hydrogens (tertiary/aromatic N) is 1. The van der Waals surface area contributed by atoms with Crippen LogP contribution in [0.5, 0.6) is 0 Å². The van der Waals surface area contributed by atoms with E-state index in [9.17, 15) is 4.79 Å². The Bertz CT molecular complexity index is 592. The molecule has 0 saturated carbocycles. The van der Waals surface area contributed by atoms with E-state index in [0.717, 1.165) is 10.0 Å². The molecule has 0 fully saturated rings. The van der Waals surface area contributed by atoms with Crippen LogP contribution < -0.4 is 11.1 Å². The number of rotatable bonds is 3. The highest BCUT2D eigenvalue weighted by Crippen LogP contribution is 2.23. The Hall–Kier alpha value is -1.40. The summed E-state index contributed by atoms with van der Waals surface area (Å²) in [6.07, 6.45) is 0. The fourth-order valence-electron chi connectivity index (χ4n) is 1.68. The highest BCUT2D eigenvalue weighted by molar-refractivity contribution is 9.10. The second-order valence-electron chi connectivity index (χ2n) is 4.66. The lowest BCUT2D eigenvalue weighted by atomic mass is 9.94. The van der Waals surface area contributed by atoms with Crippen LogP contribution in [0.4, 0.5) is 5.13 Å². The van der Waals surface area contributed by atoms with Crippen molar-refractivity contribution in [1.82, 2.24) is 10.3 Å². The second-order valence-corrected chi connectivity index (χ2v) is 6.46. The molecule has 0 bridgehead atoms. The van der Waals surface area contributed by atoms with E-state index in [4.69, 9.17) is 5.73 Å². The summed E-state index contributed by atoms with van der Waals surface area (Å²) in [5, 5.41) is 5.01. The minimum atomic E-state index is -0.476. The molecule has 1 aromatic heterocycles. The van der Waals surface area contributed by atoms with Gasteiger partial charge in [0.05, 0.1) is 5.54 Å². The molecule has 2 rings (SSSR count). The van der Waals surface area contributed by atoms with E-state index in [1.807, 2.05) is 38.1 Å². The molecule has 0 spiro atoms. The Kier molecular flexibility index (Phi) is 3.91. The number of carbonyl (C=O) groups is 1. The minimum Gasteiger partial charge on any atom is -0.375 e. The third-order valence-corrected chi connectivity index (χ3v) is 3.95. The number of amides is 1. The molecule has 0 unspecified atom stereocenters. The van der Waals surface area contributed by atoms with E-state index in [0.29, 0.717) is 10.8 Å². The first-order valence-electron chi connectivity index (χ1n) is 5.68. The third kappa shape index (κ3) is 3.33. The van der Waals surface area contributed by atoms with Crippen LogP contribution in [0.25, 0.3) is 0 Å². The number of nitrogens with two attached hydrogens (primary N) is 1. The van der Waals surface area contributed by atoms with Gasteiger partial charge in [0, 0.05) is 9.85 Å². The van der Waals surface area contributed by atoms with Gasteiger partial charge in [-0.05, 0) is 31.5 Å². The topological polar surface area (TPSA) is 68.0 Å². The highest BCUT2D eigenvalue weighted by atomic mass is 79.9. The molecule has 0 radical (unpaired) electrons. The smallest absolute Gasteiger partial charge is 0.271 e. The lowest BCUT2D eigenvalue weighted by molar-refractivity contribution is 0.0907. The molecule has 3 N–H and O–H groups in total. The summed E-state index contributed by atoms with van der Waals surface area (Å²) < 4.78 is 1.01. The summed E-state index contributed by atoms with van der Waals surface area (Å²) in [7, 11) is 0. The summed E-state index contributed by atoms with van der Waals surface area (Å²) >= 11 is 4.65. The van der Waals surface area contributed by atoms with Gasteiger partial charge < -0.3 is 11.1 Å². The Labute approximate surface area is 124 Å². The first-order valence-corrected chi connectivity index (χ1v) is 7.35. The maximum absolute atomic E-state index is 12.1. The van der Waals surface area contributed by atoms with E-state index in [1.165, 1.54) is 11.3 Å². The van der Waals surface area contributed by atoms with E-state index in [-0.39, 0.29) is 5.91 Å². The van der Waals surface area contributed by atoms with Gasteiger partial charge in [0.25, 0.3) is 5.91 Å². The molecule has 0 aliphatic heterocycles. The first-order chi connectivity index (χ1) is 8.88. The van der Waals surface area contributed by atoms with Gasteiger partial charge in [0.1, 0.15) is 5.69 Å². The SMILES string of the molecule is CC(C)(NC(=O)c1csc(N)n1)c1ccc(Br)cc1. The number of hydrogen-bond donors (Lipinski definition) is 2. The Morgan fingerprint density at radius 2 is 2.00 bits per heavy atom. The molecule has 1 amide bonds. The van der Waals surface area contributed by atoms with E-state index in [2.05, 4.69) is 26.2 Å². The number of nitrogen functional groups attached to an aromatic ring is 1. The van der Waals surface area contributed by atoms with Crippen LogP contribution in [-0.4, -0.2) is 10.9 Å². The highest BCUT2D eigenvalue weighted by Gasteiger charge is 2.24. The summed E-state index contributed by atoms with van der Waals surface area (Å²) in [4.78, 5) is 16.1. The van der Waals surface area contributed by atoms with Crippen molar-refractivity contribution >= 4 is 38.3 Å². The number of aromatic nitrogens is 1. The summed E-state index contributed by atoms with van der Waals surface area (Å²) in [5.74, 6) is -0.221. The van der Waals surface area contributed by atoms with Gasteiger partial charge in [-0.3, -0.25) is 4.79 Å². The largest absolute Gasteiger partial charge is 0.375 e. The van der Waals surface area contributed by atoms with Crippen molar-refractivity contribution < 1.29 is 4.79 Å². The number of carbonyl (C=O) groups excluding carboxylic acids is 1. The molecule has 0 saturated heterocycles. The van der Waals surface area contributed by atoms with E-state index >= 15 is 0 Å². The predicted molar refractivity (Wildman–Crippen MR) is 81.2 cm³/mol. The normalized spacial score (nSPS) is 11.3. The Morgan fingerprint density at radius 3 is 2.53 bits per heavy atom. The number of benzene rings is 1. The molecule has 6 heteroatoms. The molecule has 0 atom stereocenters. The van der Waals surface area contributed by atoms with Gasteiger partial charge in [-0.15, -0.1) is 11.3 Å². The zero-order chi connectivity index (χ0) is 14.0. The molecule has 4 nitrogen and oxygen atoms in total. The summed E-state index contributed by atoms with van der Waals surface area (Å²) in [6.45, 7) is 3.90. The Morgan fingerprint density at radius 1 is 1.37 bits per heavy atom. The number of hydrogen-bond acceptors (Lipinski definition) is 4. The number of anilines is 1. The Balaban J connectivity index is 2.17. The average Bonchev–Trinajstić information content (AvgIpc) is 2.76. The van der Waals surface area contributed by atoms with Crippen molar-refractivity contribution in [1.29, 1.82) is 0 Å². The van der Waals surface area contributed by atoms with Crippen molar-refractivity contribution in [2.24, 2.45) is 0 Å². The van der Waals surface area contributed by atoms with Crippen molar-refractivity contribution in [3.05, 3.63) is 45.4 Å². The monoisotopic (exact) mass is 339 g/mol. The average molecular weight is 340 g/mol. The molecule has 0 aliphatic carbocycles. The van der Waals surface area contributed by atoms with Crippen LogP contribution in [0, 0.1) is 0 Å². The van der Waals surface area contributed by atoms with Crippen LogP contribution >= 0.6 is 27.3 Å². The maximum Gasteiger partial charge on any atom is 0.271 e. The van der Waals surface area contributed by atoms with Crippen LogP contribution in [0.1, 0.15) is 29.9 Å². The first kappa shape index (κ1) is 14.0. The minimum absolute atomic E-state index is 0.221. The van der Waals surface area contributed by atoms with Crippen molar-refractivity contribution in [3.63, 3.8) is 0 Å². The quantitative estimate of drug-likeness (QED) is 0.902. The van der Waals surface area contributed by atoms with Crippen LogP contribution in [0.15, 0.2) is 34.1 Å². The van der Waals surface area contributed by atoms with Crippen molar-refractivity contribution in [2.45, 2.75) is 19.4 Å². The fraction of sp³-hybridized carbons (Fsp3) is 0.231. The summed E-state index contributed by atoms with van der Waals surface area (Å²) in [6, 6.07) is 7.84. The maximum atomic E-state index is 12.1. The van der Waals surface area contributed by atoms with Crippen molar-refractivity contribution in [2.75, 3.05) is 5.73 Å². The molecule has 1 heterocycles. The second kappa shape index (κ2) is 5.30. The van der Waals surface area contributed by atoms with Gasteiger partial charge in [0.15, 0.2) is 5.13 Å². The van der Waals surface area contributed by atoms with Crippen LogP contribution in [0.3, 0.4) is 0 Å². The molecular weight excluding hydrogens is 326 g/mol. The van der Waals surface area contributed by atoms with Crippen LogP contribution in [0.2, 0.25) is 0 Å². The van der Waals surface area contributed by atoms with Gasteiger partial charge in [-0.1, -0.05) is 28.1 Å². The van der Waals surface area contributed by atoms with Crippen LogP contribution in [-0.2, 0) is 5.54 Å². The number of nitrogens with one attached hydrogen (secondary N) is 1.